The Hall–Kier alpha value is -0.120. The average Bonchev–Trinajstić information content (AvgIpc) is 2.65. The third kappa shape index (κ3) is 3.72. The Balaban J connectivity index is 2.58. The van der Waals surface area contributed by atoms with Gasteiger partial charge < -0.3 is 10.5 Å². The van der Waals surface area contributed by atoms with Crippen molar-refractivity contribution in [1.29, 1.82) is 0 Å². The second-order valence-corrected chi connectivity index (χ2v) is 5.92. The molecule has 1 aliphatic rings. The minimum Gasteiger partial charge on any atom is -0.381 e. The molecule has 0 amide bonds. The van der Waals surface area contributed by atoms with E-state index in [1.807, 2.05) is 0 Å². The van der Waals surface area contributed by atoms with Gasteiger partial charge in [0.1, 0.15) is 0 Å². The van der Waals surface area contributed by atoms with Crippen molar-refractivity contribution < 1.29 is 4.74 Å². The minimum absolute atomic E-state index is 0.208. The van der Waals surface area contributed by atoms with E-state index in [1.165, 1.54) is 0 Å². The van der Waals surface area contributed by atoms with E-state index in [4.69, 9.17) is 10.5 Å². The molecule has 1 fully saturated rings. The van der Waals surface area contributed by atoms with Gasteiger partial charge in [-0.1, -0.05) is 13.8 Å². The Kier molecular flexibility index (Phi) is 5.22. The van der Waals surface area contributed by atoms with Crippen molar-refractivity contribution in [3.8, 4) is 0 Å². The van der Waals surface area contributed by atoms with E-state index in [0.717, 1.165) is 39.3 Å². The molecule has 0 radical (unpaired) electrons. The van der Waals surface area contributed by atoms with Gasteiger partial charge in [0.15, 0.2) is 0 Å². The van der Waals surface area contributed by atoms with Crippen molar-refractivity contribution in [3.63, 3.8) is 0 Å². The lowest BCUT2D eigenvalue weighted by molar-refractivity contribution is 0.0912. The smallest absolute Gasteiger partial charge is 0.0547 e. The van der Waals surface area contributed by atoms with Gasteiger partial charge in [-0.05, 0) is 26.2 Å². The van der Waals surface area contributed by atoms with Gasteiger partial charge in [0.2, 0.25) is 0 Å². The molecule has 0 aliphatic carbocycles. The zero-order chi connectivity index (χ0) is 12.2. The van der Waals surface area contributed by atoms with Crippen LogP contribution in [0.4, 0.5) is 0 Å². The fraction of sp³-hybridized carbons (Fsp3) is 1.00. The first-order chi connectivity index (χ1) is 7.49. The van der Waals surface area contributed by atoms with Crippen LogP contribution in [-0.2, 0) is 4.74 Å². The van der Waals surface area contributed by atoms with Crippen molar-refractivity contribution >= 4 is 0 Å². The molecular formula is C13H28N2O. The lowest BCUT2D eigenvalue weighted by atomic mass is 9.86. The Morgan fingerprint density at radius 2 is 2.00 bits per heavy atom. The van der Waals surface area contributed by atoms with Gasteiger partial charge in [-0.25, -0.2) is 0 Å². The van der Waals surface area contributed by atoms with Crippen molar-refractivity contribution in [1.82, 2.24) is 4.90 Å². The van der Waals surface area contributed by atoms with Gasteiger partial charge >= 0.3 is 0 Å². The molecule has 0 bridgehead atoms. The first-order valence-electron chi connectivity index (χ1n) is 6.51. The highest BCUT2D eigenvalue weighted by Crippen LogP contribution is 2.29. The molecule has 1 saturated heterocycles. The van der Waals surface area contributed by atoms with Gasteiger partial charge in [0, 0.05) is 37.7 Å². The third-order valence-corrected chi connectivity index (χ3v) is 3.49. The Morgan fingerprint density at radius 3 is 2.38 bits per heavy atom. The maximum Gasteiger partial charge on any atom is 0.0547 e. The molecule has 1 heterocycles. The predicted octanol–water partition coefficient (Wildman–Crippen LogP) is 1.72. The molecule has 1 unspecified atom stereocenters. The lowest BCUT2D eigenvalue weighted by Gasteiger charge is -2.36. The van der Waals surface area contributed by atoms with Gasteiger partial charge in [0.05, 0.1) is 6.61 Å². The molecule has 0 aromatic rings. The second kappa shape index (κ2) is 5.99. The van der Waals surface area contributed by atoms with Crippen LogP contribution in [-0.4, -0.2) is 43.8 Å². The van der Waals surface area contributed by atoms with E-state index >= 15 is 0 Å². The van der Waals surface area contributed by atoms with Crippen LogP contribution in [0.1, 0.15) is 34.1 Å². The van der Waals surface area contributed by atoms with Gasteiger partial charge in [0.25, 0.3) is 0 Å². The highest BCUT2D eigenvalue weighted by atomic mass is 16.5. The number of nitrogens with two attached hydrogens (primary N) is 1. The van der Waals surface area contributed by atoms with Crippen molar-refractivity contribution in [2.45, 2.75) is 40.2 Å². The fourth-order valence-corrected chi connectivity index (χ4v) is 2.36. The Bertz CT molecular complexity index is 198. The predicted molar refractivity (Wildman–Crippen MR) is 68.5 cm³/mol. The molecule has 1 atom stereocenters. The van der Waals surface area contributed by atoms with E-state index in [2.05, 4.69) is 32.6 Å². The monoisotopic (exact) mass is 228 g/mol. The minimum atomic E-state index is 0.208. The molecule has 3 heteroatoms. The molecule has 0 saturated carbocycles. The second-order valence-electron chi connectivity index (χ2n) is 5.92. The topological polar surface area (TPSA) is 38.5 Å². The van der Waals surface area contributed by atoms with E-state index in [-0.39, 0.29) is 5.41 Å². The largest absolute Gasteiger partial charge is 0.381 e. The lowest BCUT2D eigenvalue weighted by Crippen LogP contribution is -2.46. The normalized spacial score (nSPS) is 26.2. The Morgan fingerprint density at radius 1 is 1.31 bits per heavy atom. The third-order valence-electron chi connectivity index (χ3n) is 3.49. The number of hydrogen-bond donors (Lipinski definition) is 1. The number of ether oxygens (including phenoxy) is 1. The van der Waals surface area contributed by atoms with Crippen LogP contribution in [0.3, 0.4) is 0 Å². The zero-order valence-corrected chi connectivity index (χ0v) is 11.3. The summed E-state index contributed by atoms with van der Waals surface area (Å²) in [6, 6.07) is 0.589. The first-order valence-corrected chi connectivity index (χ1v) is 6.51. The highest BCUT2D eigenvalue weighted by Gasteiger charge is 2.35. The van der Waals surface area contributed by atoms with E-state index < -0.39 is 0 Å². The molecular weight excluding hydrogens is 200 g/mol. The summed E-state index contributed by atoms with van der Waals surface area (Å²) in [6.07, 6.45) is 1.12. The summed E-state index contributed by atoms with van der Waals surface area (Å²) < 4.78 is 5.53. The molecule has 3 nitrogen and oxygen atoms in total. The highest BCUT2D eigenvalue weighted by molar-refractivity contribution is 4.88. The number of hydrogen-bond acceptors (Lipinski definition) is 3. The number of nitrogens with zero attached hydrogens (tertiary/aromatic N) is 1. The molecule has 16 heavy (non-hydrogen) atoms. The van der Waals surface area contributed by atoms with Crippen molar-refractivity contribution in [2.24, 2.45) is 17.1 Å². The van der Waals surface area contributed by atoms with E-state index in [9.17, 15) is 0 Å². The van der Waals surface area contributed by atoms with Gasteiger partial charge in [-0.2, -0.15) is 0 Å². The van der Waals surface area contributed by atoms with Gasteiger partial charge in [-0.15, -0.1) is 0 Å². The van der Waals surface area contributed by atoms with Crippen LogP contribution < -0.4 is 5.73 Å². The van der Waals surface area contributed by atoms with E-state index in [1.54, 1.807) is 0 Å². The summed E-state index contributed by atoms with van der Waals surface area (Å²) in [5.41, 5.74) is 6.15. The standard InChI is InChI=1S/C13H28N2O/c1-11(2)7-15(12(3)4)9-13(8-14)5-6-16-10-13/h11-12H,5-10,14H2,1-4H3. The summed E-state index contributed by atoms with van der Waals surface area (Å²) in [5.74, 6) is 0.708. The van der Waals surface area contributed by atoms with Gasteiger partial charge in [-0.3, -0.25) is 4.90 Å². The molecule has 0 aromatic carbocycles. The van der Waals surface area contributed by atoms with Crippen molar-refractivity contribution in [2.75, 3.05) is 32.8 Å². The molecule has 1 rings (SSSR count). The van der Waals surface area contributed by atoms with Crippen LogP contribution in [0, 0.1) is 11.3 Å². The van der Waals surface area contributed by atoms with Crippen LogP contribution in [0.5, 0.6) is 0 Å². The molecule has 0 aromatic heterocycles. The Labute approximate surface area is 100 Å². The SMILES string of the molecule is CC(C)CN(CC1(CN)CCOC1)C(C)C. The molecule has 1 aliphatic heterocycles. The molecule has 2 N–H and O–H groups in total. The zero-order valence-electron chi connectivity index (χ0n) is 11.3. The quantitative estimate of drug-likeness (QED) is 0.752. The fourth-order valence-electron chi connectivity index (χ4n) is 2.36. The molecule has 0 spiro atoms. The van der Waals surface area contributed by atoms with Crippen LogP contribution >= 0.6 is 0 Å². The van der Waals surface area contributed by atoms with E-state index in [0.29, 0.717) is 12.0 Å². The maximum atomic E-state index is 5.94. The first kappa shape index (κ1) is 13.9. The number of rotatable bonds is 6. The van der Waals surface area contributed by atoms with Crippen LogP contribution in [0.15, 0.2) is 0 Å². The maximum absolute atomic E-state index is 5.94. The van der Waals surface area contributed by atoms with Crippen molar-refractivity contribution in [3.05, 3.63) is 0 Å². The summed E-state index contributed by atoms with van der Waals surface area (Å²) in [7, 11) is 0. The average molecular weight is 228 g/mol. The summed E-state index contributed by atoms with van der Waals surface area (Å²) >= 11 is 0. The summed E-state index contributed by atoms with van der Waals surface area (Å²) in [5, 5.41) is 0. The van der Waals surface area contributed by atoms with Crippen LogP contribution in [0.2, 0.25) is 0 Å². The molecule has 96 valence electrons. The summed E-state index contributed by atoms with van der Waals surface area (Å²) in [6.45, 7) is 13.8. The van der Waals surface area contributed by atoms with Crippen LogP contribution in [0.25, 0.3) is 0 Å². The summed E-state index contributed by atoms with van der Waals surface area (Å²) in [4.78, 5) is 2.55.